The summed E-state index contributed by atoms with van der Waals surface area (Å²) >= 11 is 0. The molecule has 0 atom stereocenters. The van der Waals surface area contributed by atoms with E-state index in [9.17, 15) is 18.0 Å². The number of fused-ring (bicyclic) bond motifs is 3. The van der Waals surface area contributed by atoms with Crippen LogP contribution in [0.1, 0.15) is 20.3 Å². The summed E-state index contributed by atoms with van der Waals surface area (Å²) < 4.78 is 32.2. The molecule has 146 valence electrons. The Kier molecular flexibility index (Phi) is 5.19. The van der Waals surface area contributed by atoms with E-state index in [1.165, 1.54) is 37.9 Å². The van der Waals surface area contributed by atoms with Gasteiger partial charge in [-0.25, -0.2) is 18.2 Å². The summed E-state index contributed by atoms with van der Waals surface area (Å²) in [6, 6.07) is 10.7. The highest BCUT2D eigenvalue weighted by Crippen LogP contribution is 2.39. The van der Waals surface area contributed by atoms with Gasteiger partial charge in [0.1, 0.15) is 5.82 Å². The fraction of sp³-hybridized carbons (Fsp3) is 0.211. The minimum Gasteiger partial charge on any atom is -0.406 e. The van der Waals surface area contributed by atoms with Gasteiger partial charge in [0.15, 0.2) is 11.4 Å². The molecular weight excluding hydrogens is 382 g/mol. The Morgan fingerprint density at radius 1 is 1.04 bits per heavy atom. The van der Waals surface area contributed by atoms with Gasteiger partial charge in [0, 0.05) is 18.8 Å². The van der Waals surface area contributed by atoms with Crippen LogP contribution in [0.3, 0.4) is 0 Å². The number of benzene rings is 1. The van der Waals surface area contributed by atoms with E-state index in [0.29, 0.717) is 4.57 Å². The lowest BCUT2D eigenvalue weighted by atomic mass is 10.1. The predicted molar refractivity (Wildman–Crippen MR) is 105 cm³/mol. The maximum Gasteiger partial charge on any atom is 0.428 e. The van der Waals surface area contributed by atoms with Crippen molar-refractivity contribution in [2.75, 3.05) is 11.4 Å². The number of sulfonamides is 1. The van der Waals surface area contributed by atoms with Gasteiger partial charge in [-0.1, -0.05) is 38.5 Å². The van der Waals surface area contributed by atoms with Crippen LogP contribution in [0.15, 0.2) is 67.6 Å². The highest BCUT2D eigenvalue weighted by Gasteiger charge is 2.37. The Morgan fingerprint density at radius 2 is 1.68 bits per heavy atom. The molecule has 0 unspecified atom stereocenters. The molecule has 0 spiro atoms. The molecule has 3 heterocycles. The number of rotatable bonds is 1. The van der Waals surface area contributed by atoms with Gasteiger partial charge in [0.2, 0.25) is 0 Å². The minimum atomic E-state index is -3.93. The number of hydrogen-bond donors (Lipinski definition) is 0. The van der Waals surface area contributed by atoms with Crippen molar-refractivity contribution in [3.05, 3.63) is 69.6 Å². The van der Waals surface area contributed by atoms with Crippen molar-refractivity contribution in [3.8, 4) is 17.1 Å². The summed E-state index contributed by atoms with van der Waals surface area (Å²) in [5.74, 6) is -0.964. The summed E-state index contributed by atoms with van der Waals surface area (Å²) in [5, 5.41) is 0. The molecule has 0 saturated heterocycles. The first kappa shape index (κ1) is 19.6. The normalized spacial score (nSPS) is 13.8. The van der Waals surface area contributed by atoms with Gasteiger partial charge in [0.25, 0.3) is 15.6 Å². The van der Waals surface area contributed by atoms with Crippen molar-refractivity contribution in [2.24, 2.45) is 0 Å². The molecule has 28 heavy (non-hydrogen) atoms. The van der Waals surface area contributed by atoms with Crippen LogP contribution in [0.2, 0.25) is 0 Å². The van der Waals surface area contributed by atoms with Gasteiger partial charge in [-0.05, 0) is 24.3 Å². The van der Waals surface area contributed by atoms with Crippen molar-refractivity contribution in [2.45, 2.75) is 25.2 Å². The molecule has 8 nitrogen and oxygen atoms in total. The van der Waals surface area contributed by atoms with Crippen molar-refractivity contribution >= 4 is 15.7 Å². The van der Waals surface area contributed by atoms with Gasteiger partial charge in [0.05, 0.1) is 4.90 Å². The van der Waals surface area contributed by atoms with Crippen molar-refractivity contribution < 1.29 is 12.8 Å². The average molecular weight is 401 g/mol. The monoisotopic (exact) mass is 401 g/mol. The molecule has 1 aliphatic heterocycles. The predicted octanol–water partition coefficient (Wildman–Crippen LogP) is 2.41. The maximum atomic E-state index is 12.9. The first-order valence-corrected chi connectivity index (χ1v) is 10.1. The lowest BCUT2D eigenvalue weighted by Crippen LogP contribution is -2.41. The molecule has 4 rings (SSSR count). The van der Waals surface area contributed by atoms with Gasteiger partial charge in [-0.2, -0.15) is 4.57 Å². The van der Waals surface area contributed by atoms with Crippen LogP contribution < -0.4 is 15.6 Å². The Morgan fingerprint density at radius 3 is 2.32 bits per heavy atom. The van der Waals surface area contributed by atoms with Crippen LogP contribution in [-0.4, -0.2) is 25.0 Å². The molecule has 1 aliphatic rings. The molecule has 0 bridgehead atoms. The highest BCUT2D eigenvalue weighted by molar-refractivity contribution is 7.93. The van der Waals surface area contributed by atoms with Gasteiger partial charge in [-0.3, -0.25) is 9.10 Å². The second-order valence-corrected chi connectivity index (χ2v) is 7.99. The summed E-state index contributed by atoms with van der Waals surface area (Å²) in [6.45, 7) is 4.25. The molecule has 3 aromatic rings. The Bertz CT molecular complexity index is 1230. The lowest BCUT2D eigenvalue weighted by molar-refractivity contribution is 0.468. The van der Waals surface area contributed by atoms with Crippen molar-refractivity contribution in [1.29, 1.82) is 0 Å². The number of aromatic nitrogens is 2. The van der Waals surface area contributed by atoms with E-state index in [1.54, 1.807) is 24.3 Å². The molecule has 0 amide bonds. The Hall–Kier alpha value is -3.20. The number of hydrogen-bond acceptors (Lipinski definition) is 6. The summed E-state index contributed by atoms with van der Waals surface area (Å²) in [7, 11) is -2.69. The largest absolute Gasteiger partial charge is 0.428 e. The van der Waals surface area contributed by atoms with Gasteiger partial charge < -0.3 is 4.42 Å². The molecule has 0 radical (unpaired) electrons. The number of nitrogens with zero attached hydrogens (tertiary/aromatic N) is 3. The molecule has 0 fully saturated rings. The first-order chi connectivity index (χ1) is 13.3. The Balaban J connectivity index is 0.000000706. The van der Waals surface area contributed by atoms with E-state index in [0.717, 1.165) is 4.31 Å². The molecule has 0 N–H and O–H groups in total. The number of anilines is 1. The Labute approximate surface area is 161 Å². The molecule has 1 aromatic carbocycles. The van der Waals surface area contributed by atoms with E-state index in [2.05, 4.69) is 18.8 Å². The third-order valence-corrected chi connectivity index (χ3v) is 5.77. The van der Waals surface area contributed by atoms with Gasteiger partial charge in [-0.15, -0.1) is 0 Å². The fourth-order valence-corrected chi connectivity index (χ4v) is 4.14. The molecular formula is C19H19N3O5S. The van der Waals surface area contributed by atoms with Gasteiger partial charge >= 0.3 is 5.76 Å². The standard InChI is InChI=1S/C16H11N3O5S.C3H8/c1-18-13-14(10-6-2-3-7-11(10)25(18,22)23)24-16(21)19(15(13)20)12-8-4-5-9-17-12;1-3-2/h2-9H,1H3;3H2,1-2H3. The average Bonchev–Trinajstić information content (AvgIpc) is 2.68. The van der Waals surface area contributed by atoms with E-state index in [1.807, 2.05) is 0 Å². The van der Waals surface area contributed by atoms with Crippen LogP contribution in [0.4, 0.5) is 5.69 Å². The lowest BCUT2D eigenvalue weighted by Gasteiger charge is -2.26. The van der Waals surface area contributed by atoms with Crippen LogP contribution >= 0.6 is 0 Å². The number of pyridine rings is 1. The SMILES string of the molecule is CCC.CN1c2c(oc(=O)n(-c3ccccn3)c2=O)-c2ccccc2S1(=O)=O. The second-order valence-electron chi connectivity index (χ2n) is 6.05. The zero-order valence-corrected chi connectivity index (χ0v) is 16.4. The topological polar surface area (TPSA) is 102 Å². The third-order valence-electron chi connectivity index (χ3n) is 3.96. The van der Waals surface area contributed by atoms with E-state index in [4.69, 9.17) is 4.42 Å². The minimum absolute atomic E-state index is 0.0249. The summed E-state index contributed by atoms with van der Waals surface area (Å²) in [5.41, 5.74) is -0.868. The molecule has 0 saturated carbocycles. The van der Waals surface area contributed by atoms with Crippen LogP contribution in [0, 0.1) is 0 Å². The van der Waals surface area contributed by atoms with Crippen LogP contribution in [0.5, 0.6) is 0 Å². The zero-order valence-electron chi connectivity index (χ0n) is 15.6. The fourth-order valence-electron chi connectivity index (χ4n) is 2.76. The molecule has 9 heteroatoms. The smallest absolute Gasteiger partial charge is 0.406 e. The van der Waals surface area contributed by atoms with E-state index >= 15 is 0 Å². The van der Waals surface area contributed by atoms with E-state index < -0.39 is 21.3 Å². The van der Waals surface area contributed by atoms with Crippen molar-refractivity contribution in [3.63, 3.8) is 0 Å². The maximum absolute atomic E-state index is 12.9. The molecule has 0 aliphatic carbocycles. The first-order valence-electron chi connectivity index (χ1n) is 8.64. The third kappa shape index (κ3) is 3.03. The summed E-state index contributed by atoms with van der Waals surface area (Å²) in [6.07, 6.45) is 2.66. The van der Waals surface area contributed by atoms with Crippen LogP contribution in [0.25, 0.3) is 17.1 Å². The molecule has 2 aromatic heterocycles. The quantitative estimate of drug-likeness (QED) is 0.620. The second kappa shape index (κ2) is 7.43. The summed E-state index contributed by atoms with van der Waals surface area (Å²) in [4.78, 5) is 29.2. The highest BCUT2D eigenvalue weighted by atomic mass is 32.2. The van der Waals surface area contributed by atoms with Crippen molar-refractivity contribution in [1.82, 2.24) is 9.55 Å². The van der Waals surface area contributed by atoms with Crippen LogP contribution in [-0.2, 0) is 10.0 Å². The zero-order chi connectivity index (χ0) is 20.5. The van der Waals surface area contributed by atoms with E-state index in [-0.39, 0.29) is 27.7 Å².